The summed E-state index contributed by atoms with van der Waals surface area (Å²) < 4.78 is 0.832. The highest BCUT2D eigenvalue weighted by Crippen LogP contribution is 2.27. The van der Waals surface area contributed by atoms with E-state index in [0.717, 1.165) is 22.0 Å². The van der Waals surface area contributed by atoms with Crippen LogP contribution < -0.4 is 5.56 Å². The van der Waals surface area contributed by atoms with Gasteiger partial charge in [0.15, 0.2) is 0 Å². The van der Waals surface area contributed by atoms with Gasteiger partial charge in [-0.15, -0.1) is 0 Å². The zero-order valence-corrected chi connectivity index (χ0v) is 12.4. The molecule has 0 aliphatic carbocycles. The van der Waals surface area contributed by atoms with E-state index in [2.05, 4.69) is 25.9 Å². The maximum absolute atomic E-state index is 11.9. The highest BCUT2D eigenvalue weighted by Gasteiger charge is 2.12. The average Bonchev–Trinajstić information content (AvgIpc) is 2.33. The molecular weight excluding hydrogens is 308 g/mol. The van der Waals surface area contributed by atoms with Crippen LogP contribution in [0.5, 0.6) is 5.88 Å². The number of hydrogen-bond acceptors (Lipinski definition) is 3. The third-order valence-electron chi connectivity index (χ3n) is 2.87. The largest absolute Gasteiger partial charge is 0.493 e. The first kappa shape index (κ1) is 13.8. The van der Waals surface area contributed by atoms with Gasteiger partial charge >= 0.3 is 0 Å². The van der Waals surface area contributed by atoms with Gasteiger partial charge in [-0.2, -0.15) is 4.98 Å². The number of benzene rings is 1. The van der Waals surface area contributed by atoms with Crippen molar-refractivity contribution in [2.75, 3.05) is 0 Å². The number of aromatic nitrogens is 2. The molecule has 0 aliphatic heterocycles. The van der Waals surface area contributed by atoms with E-state index in [0.29, 0.717) is 17.8 Å². The molecule has 0 unspecified atom stereocenters. The van der Waals surface area contributed by atoms with Gasteiger partial charge in [-0.3, -0.25) is 4.79 Å². The summed E-state index contributed by atoms with van der Waals surface area (Å²) in [6, 6.07) is 5.72. The second-order valence-corrected chi connectivity index (χ2v) is 5.30. The summed E-state index contributed by atoms with van der Waals surface area (Å²) in [6.45, 7) is 3.93. The third kappa shape index (κ3) is 2.87. The molecule has 2 N–H and O–H groups in total. The second kappa shape index (κ2) is 5.57. The second-order valence-electron chi connectivity index (χ2n) is 4.45. The minimum absolute atomic E-state index is 0.187. The molecule has 2 aromatic rings. The van der Waals surface area contributed by atoms with Gasteiger partial charge in [0.2, 0.25) is 5.88 Å². The Balaban J connectivity index is 2.55. The van der Waals surface area contributed by atoms with Crippen molar-refractivity contribution >= 4 is 15.9 Å². The molecule has 0 saturated carbocycles. The van der Waals surface area contributed by atoms with E-state index in [-0.39, 0.29) is 11.4 Å². The van der Waals surface area contributed by atoms with Crippen molar-refractivity contribution in [1.29, 1.82) is 0 Å². The van der Waals surface area contributed by atoms with Crippen LogP contribution in [-0.4, -0.2) is 15.1 Å². The number of nitrogens with zero attached hydrogens (tertiary/aromatic N) is 1. The summed E-state index contributed by atoms with van der Waals surface area (Å²) in [6.07, 6.45) is 1.30. The molecule has 0 fully saturated rings. The van der Waals surface area contributed by atoms with E-state index in [1.807, 2.05) is 32.0 Å². The quantitative estimate of drug-likeness (QED) is 0.912. The first-order chi connectivity index (χ1) is 9.02. The van der Waals surface area contributed by atoms with Gasteiger partial charge in [0.05, 0.1) is 5.56 Å². The molecule has 1 aromatic heterocycles. The minimum Gasteiger partial charge on any atom is -0.493 e. The highest BCUT2D eigenvalue weighted by molar-refractivity contribution is 9.10. The van der Waals surface area contributed by atoms with Crippen LogP contribution in [0.2, 0.25) is 0 Å². The molecular formula is C14H15BrN2O2. The Kier molecular flexibility index (Phi) is 4.04. The lowest BCUT2D eigenvalue weighted by atomic mass is 10.1. The van der Waals surface area contributed by atoms with Crippen molar-refractivity contribution in [1.82, 2.24) is 9.97 Å². The third-order valence-corrected chi connectivity index (χ3v) is 3.53. The van der Waals surface area contributed by atoms with E-state index in [1.165, 1.54) is 0 Å². The fraction of sp³-hybridized carbons (Fsp3) is 0.286. The molecule has 0 spiro atoms. The van der Waals surface area contributed by atoms with Crippen molar-refractivity contribution in [3.8, 4) is 17.3 Å². The number of nitrogens with one attached hydrogen (secondary N) is 1. The number of rotatable bonds is 3. The average molecular weight is 323 g/mol. The van der Waals surface area contributed by atoms with Crippen LogP contribution in [0.1, 0.15) is 24.5 Å². The summed E-state index contributed by atoms with van der Waals surface area (Å²) >= 11 is 3.44. The first-order valence-electron chi connectivity index (χ1n) is 6.11. The molecule has 1 heterocycles. The van der Waals surface area contributed by atoms with Crippen LogP contribution in [0, 0.1) is 6.92 Å². The maximum atomic E-state index is 11.9. The van der Waals surface area contributed by atoms with Gasteiger partial charge < -0.3 is 10.1 Å². The summed E-state index contributed by atoms with van der Waals surface area (Å²) in [7, 11) is 0. The molecule has 19 heavy (non-hydrogen) atoms. The monoisotopic (exact) mass is 322 g/mol. The Bertz CT molecular complexity index is 665. The Morgan fingerprint density at radius 3 is 2.74 bits per heavy atom. The number of aryl methyl sites for hydroxylation is 1. The van der Waals surface area contributed by atoms with Gasteiger partial charge in [0, 0.05) is 10.0 Å². The number of H-pyrrole nitrogens is 1. The van der Waals surface area contributed by atoms with Crippen LogP contribution in [0.3, 0.4) is 0 Å². The molecule has 100 valence electrons. The molecule has 0 atom stereocenters. The molecule has 4 nitrogen and oxygen atoms in total. The number of halogens is 1. The Labute approximate surface area is 119 Å². The molecule has 2 rings (SSSR count). The molecule has 0 bridgehead atoms. The summed E-state index contributed by atoms with van der Waals surface area (Å²) in [5.41, 5.74) is 1.91. The van der Waals surface area contributed by atoms with E-state index in [9.17, 15) is 9.90 Å². The van der Waals surface area contributed by atoms with Crippen molar-refractivity contribution < 1.29 is 5.11 Å². The maximum Gasteiger partial charge on any atom is 0.258 e. The fourth-order valence-electron chi connectivity index (χ4n) is 1.90. The number of aromatic amines is 1. The van der Waals surface area contributed by atoms with Crippen LogP contribution in [0.15, 0.2) is 27.5 Å². The Morgan fingerprint density at radius 2 is 2.16 bits per heavy atom. The van der Waals surface area contributed by atoms with Crippen LogP contribution in [0.4, 0.5) is 0 Å². The molecule has 1 aromatic carbocycles. The lowest BCUT2D eigenvalue weighted by Crippen LogP contribution is -2.15. The standard InChI is InChI=1S/C14H15BrN2O2/c1-3-4-10-13(18)16-12(17-14(10)19)9-6-5-8(2)7-11(9)15/h5-7H,3-4H2,1-2H3,(H2,16,17,18,19). The highest BCUT2D eigenvalue weighted by atomic mass is 79.9. The minimum atomic E-state index is -0.281. The van der Waals surface area contributed by atoms with Gasteiger partial charge in [-0.1, -0.05) is 35.3 Å². The van der Waals surface area contributed by atoms with E-state index < -0.39 is 0 Å². The van der Waals surface area contributed by atoms with Gasteiger partial charge in [-0.25, -0.2) is 0 Å². The number of aromatic hydroxyl groups is 1. The van der Waals surface area contributed by atoms with Crippen molar-refractivity contribution in [3.63, 3.8) is 0 Å². The summed E-state index contributed by atoms with van der Waals surface area (Å²) in [5.74, 6) is 0.183. The van der Waals surface area contributed by atoms with Crippen molar-refractivity contribution in [2.24, 2.45) is 0 Å². The van der Waals surface area contributed by atoms with Crippen LogP contribution >= 0.6 is 15.9 Å². The van der Waals surface area contributed by atoms with Gasteiger partial charge in [0.1, 0.15) is 5.82 Å². The smallest absolute Gasteiger partial charge is 0.258 e. The van der Waals surface area contributed by atoms with Crippen LogP contribution in [-0.2, 0) is 6.42 Å². The zero-order chi connectivity index (χ0) is 14.0. The molecule has 0 aliphatic rings. The molecule has 0 amide bonds. The van der Waals surface area contributed by atoms with E-state index in [1.54, 1.807) is 0 Å². The number of hydrogen-bond donors (Lipinski definition) is 2. The molecule has 0 saturated heterocycles. The Hall–Kier alpha value is -1.62. The predicted octanol–water partition coefficient (Wildman–Crippen LogP) is 3.17. The first-order valence-corrected chi connectivity index (χ1v) is 6.91. The topological polar surface area (TPSA) is 66.0 Å². The normalized spacial score (nSPS) is 10.7. The van der Waals surface area contributed by atoms with Gasteiger partial charge in [0.25, 0.3) is 5.56 Å². The lowest BCUT2D eigenvalue weighted by Gasteiger charge is -2.07. The SMILES string of the molecule is CCCc1c(O)nc(-c2ccc(C)cc2Br)[nH]c1=O. The summed E-state index contributed by atoms with van der Waals surface area (Å²) in [4.78, 5) is 18.7. The Morgan fingerprint density at radius 1 is 1.42 bits per heavy atom. The summed E-state index contributed by atoms with van der Waals surface area (Å²) in [5, 5.41) is 9.86. The van der Waals surface area contributed by atoms with E-state index >= 15 is 0 Å². The van der Waals surface area contributed by atoms with Crippen molar-refractivity contribution in [2.45, 2.75) is 26.7 Å². The fourth-order valence-corrected chi connectivity index (χ4v) is 2.58. The van der Waals surface area contributed by atoms with Crippen LogP contribution in [0.25, 0.3) is 11.4 Å². The van der Waals surface area contributed by atoms with E-state index in [4.69, 9.17) is 0 Å². The molecule has 5 heteroatoms. The van der Waals surface area contributed by atoms with Crippen molar-refractivity contribution in [3.05, 3.63) is 44.2 Å². The lowest BCUT2D eigenvalue weighted by molar-refractivity contribution is 0.443. The van der Waals surface area contributed by atoms with Gasteiger partial charge in [-0.05, 0) is 31.0 Å². The predicted molar refractivity (Wildman–Crippen MR) is 78.4 cm³/mol. The molecule has 0 radical (unpaired) electrons. The zero-order valence-electron chi connectivity index (χ0n) is 10.8.